The maximum Gasteiger partial charge on any atom is 0.294 e. The SMILES string of the molecule is O=[C]C(=CNC1CC1)C(=O)c1cc(Cl)c([N+](=O)[O-])cc1[N+](=O)[O-]. The van der Waals surface area contributed by atoms with Crippen LogP contribution in [0.1, 0.15) is 23.2 Å². The van der Waals surface area contributed by atoms with Gasteiger partial charge in [0.2, 0.25) is 12.1 Å². The van der Waals surface area contributed by atoms with Gasteiger partial charge in [-0.15, -0.1) is 0 Å². The fraction of sp³-hybridized carbons (Fsp3) is 0.231. The van der Waals surface area contributed by atoms with Crippen molar-refractivity contribution in [2.24, 2.45) is 0 Å². The number of Topliss-reactive ketones (excluding diaryl/α,β-unsaturated/α-hetero) is 1. The number of hydrogen-bond donors (Lipinski definition) is 1. The number of hydrogen-bond acceptors (Lipinski definition) is 7. The first-order valence-corrected chi connectivity index (χ1v) is 6.74. The highest BCUT2D eigenvalue weighted by Gasteiger charge is 2.29. The predicted octanol–water partition coefficient (Wildman–Crippen LogP) is 2.08. The third kappa shape index (κ3) is 3.69. The van der Waals surface area contributed by atoms with E-state index in [1.54, 1.807) is 0 Å². The van der Waals surface area contributed by atoms with Crippen LogP contribution in [-0.4, -0.2) is 28.0 Å². The number of allylic oxidation sites excluding steroid dienone is 1. The second-order valence-electron chi connectivity index (χ2n) is 4.77. The smallest absolute Gasteiger partial charge is 0.294 e. The lowest BCUT2D eigenvalue weighted by Crippen LogP contribution is -2.14. The van der Waals surface area contributed by atoms with Crippen LogP contribution in [0.5, 0.6) is 0 Å². The molecule has 23 heavy (non-hydrogen) atoms. The zero-order chi connectivity index (χ0) is 17.1. The van der Waals surface area contributed by atoms with E-state index in [9.17, 15) is 29.8 Å². The number of carbonyl (C=O) groups is 1. The highest BCUT2D eigenvalue weighted by Crippen LogP contribution is 2.33. The van der Waals surface area contributed by atoms with E-state index in [2.05, 4.69) is 5.32 Å². The summed E-state index contributed by atoms with van der Waals surface area (Å²) in [5.41, 5.74) is -2.48. The number of nitrogens with zero attached hydrogens (tertiary/aromatic N) is 2. The van der Waals surface area contributed by atoms with E-state index in [1.165, 1.54) is 6.29 Å². The van der Waals surface area contributed by atoms with E-state index in [4.69, 9.17) is 11.6 Å². The lowest BCUT2D eigenvalue weighted by Gasteiger charge is -2.04. The Hall–Kier alpha value is -2.81. The predicted molar refractivity (Wildman–Crippen MR) is 79.0 cm³/mol. The summed E-state index contributed by atoms with van der Waals surface area (Å²) in [5.74, 6) is -0.989. The molecule has 1 aliphatic rings. The molecule has 1 aromatic carbocycles. The Morgan fingerprint density at radius 1 is 1.26 bits per heavy atom. The van der Waals surface area contributed by atoms with E-state index in [0.29, 0.717) is 6.07 Å². The Bertz CT molecular complexity index is 741. The van der Waals surface area contributed by atoms with Crippen LogP contribution in [0.25, 0.3) is 0 Å². The molecule has 0 unspecified atom stereocenters. The molecule has 0 heterocycles. The molecule has 2 rings (SSSR count). The van der Waals surface area contributed by atoms with Gasteiger partial charge in [-0.05, 0) is 18.9 Å². The number of ketones is 1. The molecule has 1 fully saturated rings. The zero-order valence-electron chi connectivity index (χ0n) is 11.4. The van der Waals surface area contributed by atoms with Crippen molar-refractivity contribution in [3.05, 3.63) is 54.7 Å². The van der Waals surface area contributed by atoms with Crippen molar-refractivity contribution >= 4 is 35.0 Å². The van der Waals surface area contributed by atoms with Crippen molar-refractivity contribution in [1.82, 2.24) is 5.32 Å². The Morgan fingerprint density at radius 2 is 1.87 bits per heavy atom. The van der Waals surface area contributed by atoms with Gasteiger partial charge in [0.25, 0.3) is 11.4 Å². The molecule has 1 aliphatic carbocycles. The van der Waals surface area contributed by atoms with Crippen LogP contribution in [0.15, 0.2) is 23.9 Å². The van der Waals surface area contributed by atoms with Crippen LogP contribution < -0.4 is 5.32 Å². The monoisotopic (exact) mass is 338 g/mol. The summed E-state index contributed by atoms with van der Waals surface area (Å²) in [5, 5.41) is 24.2. The number of nitro benzene ring substituents is 2. The lowest BCUT2D eigenvalue weighted by atomic mass is 10.0. The fourth-order valence-corrected chi connectivity index (χ4v) is 1.99. The summed E-state index contributed by atoms with van der Waals surface area (Å²) < 4.78 is 0. The summed E-state index contributed by atoms with van der Waals surface area (Å²) >= 11 is 5.68. The first kappa shape index (κ1) is 16.6. The van der Waals surface area contributed by atoms with Crippen LogP contribution in [-0.2, 0) is 4.79 Å². The molecule has 0 amide bonds. The molecule has 9 nitrogen and oxygen atoms in total. The molecule has 1 N–H and O–H groups in total. The molecule has 0 bridgehead atoms. The minimum Gasteiger partial charge on any atom is -0.387 e. The third-order valence-electron chi connectivity index (χ3n) is 3.10. The Balaban J connectivity index is 2.47. The number of benzene rings is 1. The van der Waals surface area contributed by atoms with Crippen LogP contribution in [0.2, 0.25) is 5.02 Å². The van der Waals surface area contributed by atoms with Crippen molar-refractivity contribution in [3.63, 3.8) is 0 Å². The van der Waals surface area contributed by atoms with Crippen molar-refractivity contribution < 1.29 is 19.4 Å². The zero-order valence-corrected chi connectivity index (χ0v) is 12.2. The topological polar surface area (TPSA) is 132 Å². The normalized spacial score (nSPS) is 14.2. The van der Waals surface area contributed by atoms with Crippen molar-refractivity contribution in [2.75, 3.05) is 0 Å². The van der Waals surface area contributed by atoms with Gasteiger partial charge in [-0.3, -0.25) is 29.8 Å². The summed E-state index contributed by atoms with van der Waals surface area (Å²) in [4.78, 5) is 43.2. The maximum atomic E-state index is 12.3. The molecule has 0 aromatic heterocycles. The van der Waals surface area contributed by atoms with Crippen molar-refractivity contribution in [1.29, 1.82) is 0 Å². The summed E-state index contributed by atoms with van der Waals surface area (Å²) in [6.45, 7) is 0. The van der Waals surface area contributed by atoms with Gasteiger partial charge < -0.3 is 5.32 Å². The van der Waals surface area contributed by atoms with Crippen molar-refractivity contribution in [3.8, 4) is 0 Å². The summed E-state index contributed by atoms with van der Waals surface area (Å²) in [7, 11) is 0. The number of rotatable bonds is 7. The number of nitrogens with one attached hydrogen (secondary N) is 1. The number of nitro groups is 2. The van der Waals surface area contributed by atoms with Crippen molar-refractivity contribution in [2.45, 2.75) is 18.9 Å². The minimum atomic E-state index is -0.989. The molecular weight excluding hydrogens is 330 g/mol. The lowest BCUT2D eigenvalue weighted by molar-refractivity contribution is -0.394. The highest BCUT2D eigenvalue weighted by atomic mass is 35.5. The van der Waals surface area contributed by atoms with Crippen LogP contribution in [0.3, 0.4) is 0 Å². The molecule has 0 atom stereocenters. The Kier molecular flexibility index (Phi) is 4.70. The van der Waals surface area contributed by atoms with Crippen LogP contribution in [0.4, 0.5) is 11.4 Å². The molecule has 0 spiro atoms. The molecule has 0 aliphatic heterocycles. The molecule has 1 radical (unpaired) electrons. The standard InChI is InChI=1S/C13H9ClN3O6/c14-10-3-9(11(16(20)21)4-12(10)17(22)23)13(19)7(6-18)5-15-8-1-2-8/h3-5,8,15H,1-2H2. The van der Waals surface area contributed by atoms with Gasteiger partial charge in [0.15, 0.2) is 0 Å². The van der Waals surface area contributed by atoms with Gasteiger partial charge >= 0.3 is 0 Å². The quantitative estimate of drug-likeness (QED) is 0.201. The van der Waals surface area contributed by atoms with Gasteiger partial charge in [0.05, 0.1) is 21.5 Å². The second kappa shape index (κ2) is 6.53. The van der Waals surface area contributed by atoms with Crippen LogP contribution >= 0.6 is 11.6 Å². The molecule has 1 aromatic rings. The average molecular weight is 339 g/mol. The molecule has 10 heteroatoms. The summed E-state index contributed by atoms with van der Waals surface area (Å²) in [6.07, 6.45) is 4.32. The molecule has 0 saturated heterocycles. The van der Waals surface area contributed by atoms with Crippen LogP contribution in [0, 0.1) is 20.2 Å². The highest BCUT2D eigenvalue weighted by molar-refractivity contribution is 6.34. The first-order valence-electron chi connectivity index (χ1n) is 6.36. The van der Waals surface area contributed by atoms with Gasteiger partial charge in [0.1, 0.15) is 10.6 Å². The fourth-order valence-electron chi connectivity index (χ4n) is 1.76. The molecular formula is C13H9ClN3O6. The van der Waals surface area contributed by atoms with E-state index in [1.807, 2.05) is 0 Å². The molecule has 1 saturated carbocycles. The first-order chi connectivity index (χ1) is 10.8. The molecule has 119 valence electrons. The van der Waals surface area contributed by atoms with E-state index >= 15 is 0 Å². The maximum absolute atomic E-state index is 12.3. The van der Waals surface area contributed by atoms with E-state index in [0.717, 1.165) is 25.1 Å². The van der Waals surface area contributed by atoms with Gasteiger partial charge in [-0.1, -0.05) is 11.6 Å². The third-order valence-corrected chi connectivity index (χ3v) is 3.40. The Labute approximate surface area is 134 Å². The van der Waals surface area contributed by atoms with Gasteiger partial charge in [0, 0.05) is 12.2 Å². The Morgan fingerprint density at radius 3 is 2.35 bits per heavy atom. The number of halogens is 1. The second-order valence-corrected chi connectivity index (χ2v) is 5.17. The largest absolute Gasteiger partial charge is 0.387 e. The van der Waals surface area contributed by atoms with Gasteiger partial charge in [-0.2, -0.15) is 0 Å². The number of carbonyl (C=O) groups excluding carboxylic acids is 2. The summed E-state index contributed by atoms with van der Waals surface area (Å²) in [6, 6.07) is 1.55. The van der Waals surface area contributed by atoms with E-state index in [-0.39, 0.29) is 6.04 Å². The van der Waals surface area contributed by atoms with Gasteiger partial charge in [-0.25, -0.2) is 0 Å². The average Bonchev–Trinajstić information content (AvgIpc) is 3.30. The van der Waals surface area contributed by atoms with E-state index < -0.39 is 43.2 Å². The minimum absolute atomic E-state index is 0.154.